The van der Waals surface area contributed by atoms with E-state index < -0.39 is 11.7 Å². The van der Waals surface area contributed by atoms with E-state index in [-0.39, 0.29) is 18.6 Å². The maximum atomic E-state index is 13.0. The van der Waals surface area contributed by atoms with Crippen molar-refractivity contribution in [3.8, 4) is 16.9 Å². The molecule has 0 fully saturated rings. The second-order valence-corrected chi connectivity index (χ2v) is 12.8. The van der Waals surface area contributed by atoms with Crippen LogP contribution in [0.5, 0.6) is 5.75 Å². The third-order valence-electron chi connectivity index (χ3n) is 9.12. The Hall–Kier alpha value is -3.88. The predicted molar refractivity (Wildman–Crippen MR) is 188 cm³/mol. The summed E-state index contributed by atoms with van der Waals surface area (Å²) >= 11 is 6.63. The maximum Gasteiger partial charge on any atom is 0.416 e. The Morgan fingerprint density at radius 2 is 1.71 bits per heavy atom. The quantitative estimate of drug-likeness (QED) is 0.0917. The smallest absolute Gasteiger partial charge is 0.416 e. The number of alkyl halides is 3. The molecule has 3 aromatic carbocycles. The number of hydrogen-bond donors (Lipinski definition) is 0. The number of carbonyl (C=O) groups is 1. The van der Waals surface area contributed by atoms with Crippen LogP contribution in [0, 0.1) is 0 Å². The minimum absolute atomic E-state index is 0.145. The summed E-state index contributed by atoms with van der Waals surface area (Å²) in [6.45, 7) is 6.30. The van der Waals surface area contributed by atoms with Gasteiger partial charge < -0.3 is 9.47 Å². The lowest BCUT2D eigenvalue weighted by molar-refractivity contribution is -0.143. The Labute approximate surface area is 292 Å². The first-order chi connectivity index (χ1) is 23.7. The van der Waals surface area contributed by atoms with Gasteiger partial charge >= 0.3 is 12.1 Å². The van der Waals surface area contributed by atoms with Gasteiger partial charge in [0.1, 0.15) is 12.4 Å². The number of carbonyl (C=O) groups excluding carboxylic acids is 1. The molecule has 9 heteroatoms. The molecule has 1 aliphatic carbocycles. The Morgan fingerprint density at radius 1 is 0.939 bits per heavy atom. The summed E-state index contributed by atoms with van der Waals surface area (Å²) in [7, 11) is 0. The fraction of sp³-hybridized carbons (Fsp3) is 0.400. The molecule has 0 spiro atoms. The van der Waals surface area contributed by atoms with E-state index in [1.54, 1.807) is 6.07 Å². The Balaban J connectivity index is 1.26. The van der Waals surface area contributed by atoms with Gasteiger partial charge in [-0.1, -0.05) is 67.1 Å². The van der Waals surface area contributed by atoms with Gasteiger partial charge in [0.15, 0.2) is 0 Å². The molecule has 1 aromatic heterocycles. The van der Waals surface area contributed by atoms with Crippen LogP contribution in [0.1, 0.15) is 85.6 Å². The van der Waals surface area contributed by atoms with Crippen molar-refractivity contribution in [1.29, 1.82) is 0 Å². The molecule has 49 heavy (non-hydrogen) atoms. The summed E-state index contributed by atoms with van der Waals surface area (Å²) in [6.07, 6.45) is 2.57. The van der Waals surface area contributed by atoms with E-state index in [2.05, 4.69) is 30.0 Å². The average Bonchev–Trinajstić information content (AvgIpc) is 3.10. The molecule has 4 aromatic rings. The zero-order chi connectivity index (χ0) is 34.8. The SMILES string of the molecule is CCOC(=O)CCCCN(CCc1ccccc1OCc1ccc(-c2ccc(C(F)(F)F)cc2)cc1Cl)C1CCCc2nc(CC)ccc21. The molecule has 5 rings (SSSR count). The normalized spacial score (nSPS) is 14.5. The van der Waals surface area contributed by atoms with Crippen LogP contribution in [0.25, 0.3) is 11.1 Å². The van der Waals surface area contributed by atoms with E-state index in [1.807, 2.05) is 37.3 Å². The lowest BCUT2D eigenvalue weighted by Crippen LogP contribution is -2.34. The second kappa shape index (κ2) is 17.2. The number of para-hydroxylation sites is 1. The van der Waals surface area contributed by atoms with Gasteiger partial charge in [0.05, 0.1) is 12.2 Å². The summed E-state index contributed by atoms with van der Waals surface area (Å²) < 4.78 is 50.5. The number of rotatable bonds is 15. The second-order valence-electron chi connectivity index (χ2n) is 12.4. The molecule has 1 atom stereocenters. The van der Waals surface area contributed by atoms with Crippen molar-refractivity contribution in [1.82, 2.24) is 9.88 Å². The molecule has 0 bridgehead atoms. The molecule has 1 aliphatic rings. The summed E-state index contributed by atoms with van der Waals surface area (Å²) in [5, 5.41) is 0.486. The lowest BCUT2D eigenvalue weighted by Gasteiger charge is -2.36. The molecule has 1 heterocycles. The molecule has 0 amide bonds. The summed E-state index contributed by atoms with van der Waals surface area (Å²) in [5.41, 5.74) is 6.22. The molecule has 0 radical (unpaired) electrons. The van der Waals surface area contributed by atoms with Crippen molar-refractivity contribution in [3.05, 3.63) is 118 Å². The number of fused-ring (bicyclic) bond motifs is 1. The number of esters is 1. The molecule has 0 saturated carbocycles. The van der Waals surface area contributed by atoms with E-state index in [0.717, 1.165) is 98.3 Å². The van der Waals surface area contributed by atoms with Crippen molar-refractivity contribution in [2.24, 2.45) is 0 Å². The molecular formula is C40H44ClF3N2O3. The maximum absolute atomic E-state index is 13.0. The highest BCUT2D eigenvalue weighted by molar-refractivity contribution is 6.31. The van der Waals surface area contributed by atoms with Crippen molar-refractivity contribution in [2.75, 3.05) is 19.7 Å². The fourth-order valence-electron chi connectivity index (χ4n) is 6.46. The van der Waals surface area contributed by atoms with E-state index in [4.69, 9.17) is 26.1 Å². The highest BCUT2D eigenvalue weighted by Crippen LogP contribution is 2.35. The van der Waals surface area contributed by atoms with E-state index in [1.165, 1.54) is 23.4 Å². The minimum atomic E-state index is -4.38. The number of halogens is 4. The van der Waals surface area contributed by atoms with Crippen LogP contribution < -0.4 is 4.74 Å². The number of pyridine rings is 1. The van der Waals surface area contributed by atoms with E-state index >= 15 is 0 Å². The third kappa shape index (κ3) is 9.86. The zero-order valence-corrected chi connectivity index (χ0v) is 29.0. The van der Waals surface area contributed by atoms with E-state index in [0.29, 0.717) is 23.6 Å². The Bertz CT molecular complexity index is 1690. The molecule has 0 saturated heterocycles. The molecule has 1 unspecified atom stereocenters. The monoisotopic (exact) mass is 692 g/mol. The van der Waals surface area contributed by atoms with Gasteiger partial charge in [-0.25, -0.2) is 0 Å². The highest BCUT2D eigenvalue weighted by atomic mass is 35.5. The van der Waals surface area contributed by atoms with Crippen molar-refractivity contribution >= 4 is 17.6 Å². The largest absolute Gasteiger partial charge is 0.489 e. The Kier molecular flexibility index (Phi) is 12.8. The van der Waals surface area contributed by atoms with Crippen LogP contribution in [-0.2, 0) is 41.6 Å². The number of aryl methyl sites for hydroxylation is 2. The van der Waals surface area contributed by atoms with E-state index in [9.17, 15) is 18.0 Å². The first-order valence-corrected chi connectivity index (χ1v) is 17.6. The first-order valence-electron chi connectivity index (χ1n) is 17.2. The first kappa shape index (κ1) is 36.4. The summed E-state index contributed by atoms with van der Waals surface area (Å²) in [6, 6.07) is 23.2. The van der Waals surface area contributed by atoms with Crippen LogP contribution in [0.3, 0.4) is 0 Å². The number of ether oxygens (including phenoxy) is 2. The van der Waals surface area contributed by atoms with Crippen LogP contribution in [0.15, 0.2) is 78.9 Å². The number of hydrogen-bond acceptors (Lipinski definition) is 5. The van der Waals surface area contributed by atoms with Crippen LogP contribution in [0.4, 0.5) is 13.2 Å². The van der Waals surface area contributed by atoms with Gasteiger partial charge in [0.25, 0.3) is 0 Å². The average molecular weight is 693 g/mol. The zero-order valence-electron chi connectivity index (χ0n) is 28.2. The van der Waals surface area contributed by atoms with Crippen molar-refractivity contribution in [2.45, 2.75) is 84.0 Å². The number of benzene rings is 3. The minimum Gasteiger partial charge on any atom is -0.489 e. The Morgan fingerprint density at radius 3 is 2.45 bits per heavy atom. The van der Waals surface area contributed by atoms with Gasteiger partial charge in [-0.3, -0.25) is 14.7 Å². The molecule has 5 nitrogen and oxygen atoms in total. The molecule has 260 valence electrons. The standard InChI is InChI=1S/C40H44ClF3N2O3/c1-3-33-21-22-34-36(45-33)11-9-12-37(34)46(24-8-7-14-39(47)48-4-2)25-23-29-10-5-6-13-38(29)49-27-31-16-15-30(26-35(31)41)28-17-19-32(20-18-28)40(42,43)44/h5-6,10,13,15-22,26,37H,3-4,7-9,11-12,14,23-25,27H2,1-2H3. The van der Waals surface area contributed by atoms with Gasteiger partial charge in [0.2, 0.25) is 0 Å². The van der Waals surface area contributed by atoms with Gasteiger partial charge in [-0.05, 0) is 111 Å². The predicted octanol–water partition coefficient (Wildman–Crippen LogP) is 10.2. The summed E-state index contributed by atoms with van der Waals surface area (Å²) in [5.74, 6) is 0.639. The van der Waals surface area contributed by atoms with Crippen molar-refractivity contribution in [3.63, 3.8) is 0 Å². The highest BCUT2D eigenvalue weighted by Gasteiger charge is 2.30. The third-order valence-corrected chi connectivity index (χ3v) is 9.48. The number of aromatic nitrogens is 1. The van der Waals surface area contributed by atoms with Gasteiger partial charge in [-0.15, -0.1) is 0 Å². The fourth-order valence-corrected chi connectivity index (χ4v) is 6.70. The van der Waals surface area contributed by atoms with Crippen LogP contribution in [0.2, 0.25) is 5.02 Å². The number of nitrogens with zero attached hydrogens (tertiary/aromatic N) is 2. The van der Waals surface area contributed by atoms with Gasteiger partial charge in [-0.2, -0.15) is 13.2 Å². The topological polar surface area (TPSA) is 51.7 Å². The lowest BCUT2D eigenvalue weighted by atomic mass is 9.89. The summed E-state index contributed by atoms with van der Waals surface area (Å²) in [4.78, 5) is 19.5. The van der Waals surface area contributed by atoms with Crippen LogP contribution in [-0.4, -0.2) is 35.5 Å². The van der Waals surface area contributed by atoms with Crippen molar-refractivity contribution < 1.29 is 27.4 Å². The van der Waals surface area contributed by atoms with Gasteiger partial charge in [0, 0.05) is 41.0 Å². The molecule has 0 N–H and O–H groups in total. The van der Waals surface area contributed by atoms with Crippen LogP contribution >= 0.6 is 11.6 Å². The molecular weight excluding hydrogens is 649 g/mol. The number of unbranched alkanes of at least 4 members (excludes halogenated alkanes) is 1. The molecule has 0 aliphatic heterocycles.